The first-order valence-electron chi connectivity index (χ1n) is 5.11. The maximum absolute atomic E-state index is 12.2. The van der Waals surface area contributed by atoms with Gasteiger partial charge in [0.2, 0.25) is 10.0 Å². The van der Waals surface area contributed by atoms with Gasteiger partial charge < -0.3 is 10.8 Å². The minimum Gasteiger partial charge on any atom is -0.478 e. The fourth-order valence-corrected chi connectivity index (χ4v) is 2.76. The molecule has 0 amide bonds. The van der Waals surface area contributed by atoms with E-state index in [1.54, 1.807) is 0 Å². The number of rotatable bonds is 4. The van der Waals surface area contributed by atoms with Gasteiger partial charge in [-0.25, -0.2) is 13.2 Å². The molecule has 0 atom stereocenters. The second kappa shape index (κ2) is 5.29. The summed E-state index contributed by atoms with van der Waals surface area (Å²) in [5.74, 6) is -1.60. The summed E-state index contributed by atoms with van der Waals surface area (Å²) in [7, 11) is -3.87. The molecule has 0 aliphatic heterocycles. The van der Waals surface area contributed by atoms with Gasteiger partial charge >= 0.3 is 12.1 Å². The number of sulfonamides is 1. The van der Waals surface area contributed by atoms with Crippen molar-refractivity contribution in [2.24, 2.45) is 0 Å². The first kappa shape index (κ1) is 16.2. The minimum atomic E-state index is -4.74. The first-order chi connectivity index (χ1) is 8.95. The van der Waals surface area contributed by atoms with Gasteiger partial charge in [-0.3, -0.25) is 0 Å². The van der Waals surface area contributed by atoms with E-state index in [0.717, 1.165) is 18.2 Å². The largest absolute Gasteiger partial charge is 0.478 e. The lowest BCUT2D eigenvalue weighted by Crippen LogP contribution is -2.36. The van der Waals surface area contributed by atoms with Crippen LogP contribution in [0.5, 0.6) is 0 Å². The third kappa shape index (κ3) is 3.61. The van der Waals surface area contributed by atoms with E-state index in [0.29, 0.717) is 7.05 Å². The lowest BCUT2D eigenvalue weighted by atomic mass is 10.2. The molecular weight excluding hydrogens is 301 g/mol. The molecule has 0 spiro atoms. The average molecular weight is 312 g/mol. The van der Waals surface area contributed by atoms with Gasteiger partial charge in [0.05, 0.1) is 10.5 Å². The Morgan fingerprint density at radius 3 is 2.40 bits per heavy atom. The quantitative estimate of drug-likeness (QED) is 0.812. The van der Waals surface area contributed by atoms with Gasteiger partial charge in [0.15, 0.2) is 0 Å². The summed E-state index contributed by atoms with van der Waals surface area (Å²) in [6.45, 7) is -1.72. The van der Waals surface area contributed by atoms with Gasteiger partial charge in [-0.2, -0.15) is 17.5 Å². The summed E-state index contributed by atoms with van der Waals surface area (Å²) in [5, 5.41) is 8.91. The first-order valence-corrected chi connectivity index (χ1v) is 6.55. The van der Waals surface area contributed by atoms with Crippen molar-refractivity contribution in [3.63, 3.8) is 0 Å². The Balaban J connectivity index is 3.32. The number of carboxylic acid groups (broad SMARTS) is 1. The molecular formula is C10H11F3N2O4S. The van der Waals surface area contributed by atoms with Crippen LogP contribution < -0.4 is 5.73 Å². The Morgan fingerprint density at radius 1 is 1.40 bits per heavy atom. The molecule has 1 rings (SSSR count). The zero-order chi connectivity index (χ0) is 15.7. The van der Waals surface area contributed by atoms with Crippen molar-refractivity contribution in [1.29, 1.82) is 0 Å². The zero-order valence-corrected chi connectivity index (χ0v) is 11.0. The van der Waals surface area contributed by atoms with E-state index >= 15 is 0 Å². The standard InChI is InChI=1S/C10H11F3N2O4S/c1-15(5-10(11,12)13)20(18,19)8-3-2-6(14)4-7(8)9(16)17/h2-4H,5,14H2,1H3,(H,16,17). The third-order valence-corrected chi connectivity index (χ3v) is 4.19. The van der Waals surface area contributed by atoms with Crippen LogP contribution in [0, 0.1) is 0 Å². The van der Waals surface area contributed by atoms with Crippen molar-refractivity contribution in [3.8, 4) is 0 Å². The molecule has 0 saturated heterocycles. The molecule has 0 bridgehead atoms. The number of nitrogen functional groups attached to an aromatic ring is 1. The lowest BCUT2D eigenvalue weighted by Gasteiger charge is -2.19. The van der Waals surface area contributed by atoms with Crippen molar-refractivity contribution in [1.82, 2.24) is 4.31 Å². The van der Waals surface area contributed by atoms with E-state index in [-0.39, 0.29) is 9.99 Å². The molecule has 0 radical (unpaired) electrons. The van der Waals surface area contributed by atoms with E-state index in [1.165, 1.54) is 0 Å². The van der Waals surface area contributed by atoms with Crippen molar-refractivity contribution < 1.29 is 31.5 Å². The van der Waals surface area contributed by atoms with Crippen molar-refractivity contribution in [2.45, 2.75) is 11.1 Å². The van der Waals surface area contributed by atoms with Gasteiger partial charge in [0, 0.05) is 12.7 Å². The SMILES string of the molecule is CN(CC(F)(F)F)S(=O)(=O)c1ccc(N)cc1C(=O)O. The smallest absolute Gasteiger partial charge is 0.402 e. The molecule has 3 N–H and O–H groups in total. The van der Waals surface area contributed by atoms with Crippen molar-refractivity contribution in [2.75, 3.05) is 19.3 Å². The van der Waals surface area contributed by atoms with E-state index in [1.807, 2.05) is 0 Å². The maximum atomic E-state index is 12.2. The molecule has 0 aliphatic rings. The Hall–Kier alpha value is -1.81. The van der Waals surface area contributed by atoms with Crippen LogP contribution >= 0.6 is 0 Å². The molecule has 112 valence electrons. The fraction of sp³-hybridized carbons (Fsp3) is 0.300. The van der Waals surface area contributed by atoms with E-state index in [9.17, 15) is 26.4 Å². The Bertz CT molecular complexity index is 628. The van der Waals surface area contributed by atoms with Crippen LogP contribution in [0.25, 0.3) is 0 Å². The number of carbonyl (C=O) groups is 1. The minimum absolute atomic E-state index is 0.0141. The highest BCUT2D eigenvalue weighted by molar-refractivity contribution is 7.89. The molecule has 0 aliphatic carbocycles. The van der Waals surface area contributed by atoms with Crippen LogP contribution in [0.4, 0.5) is 18.9 Å². The van der Waals surface area contributed by atoms with Crippen molar-refractivity contribution in [3.05, 3.63) is 23.8 Å². The molecule has 0 saturated carbocycles. The van der Waals surface area contributed by atoms with Gasteiger partial charge in [-0.1, -0.05) is 0 Å². The second-order valence-electron chi connectivity index (χ2n) is 3.94. The number of aromatic carboxylic acids is 1. The average Bonchev–Trinajstić information content (AvgIpc) is 2.25. The highest BCUT2D eigenvalue weighted by Gasteiger charge is 2.36. The van der Waals surface area contributed by atoms with Crippen LogP contribution in [0.1, 0.15) is 10.4 Å². The normalized spacial score (nSPS) is 12.7. The Morgan fingerprint density at radius 2 is 1.95 bits per heavy atom. The number of halogens is 3. The number of nitrogens with two attached hydrogens (primary N) is 1. The number of alkyl halides is 3. The summed E-state index contributed by atoms with van der Waals surface area (Å²) in [6.07, 6.45) is -4.74. The number of hydrogen-bond acceptors (Lipinski definition) is 4. The van der Waals surface area contributed by atoms with Gasteiger partial charge in [0.1, 0.15) is 6.54 Å². The van der Waals surface area contributed by atoms with Crippen LogP contribution in [-0.2, 0) is 10.0 Å². The summed E-state index contributed by atoms with van der Waals surface area (Å²) in [4.78, 5) is 10.2. The molecule has 0 heterocycles. The van der Waals surface area contributed by atoms with Crippen molar-refractivity contribution >= 4 is 21.7 Å². The van der Waals surface area contributed by atoms with Crippen LogP contribution in [0.15, 0.2) is 23.1 Å². The highest BCUT2D eigenvalue weighted by atomic mass is 32.2. The molecule has 1 aromatic rings. The van der Waals surface area contributed by atoms with Gasteiger partial charge in [-0.05, 0) is 18.2 Å². The van der Waals surface area contributed by atoms with Crippen LogP contribution in [0.3, 0.4) is 0 Å². The zero-order valence-electron chi connectivity index (χ0n) is 10.2. The number of carboxylic acids is 1. The van der Waals surface area contributed by atoms with Crippen LogP contribution in [-0.4, -0.2) is 43.6 Å². The van der Waals surface area contributed by atoms with E-state index in [2.05, 4.69) is 0 Å². The van der Waals surface area contributed by atoms with E-state index in [4.69, 9.17) is 10.8 Å². The molecule has 6 nitrogen and oxygen atoms in total. The van der Waals surface area contributed by atoms with E-state index < -0.39 is 39.2 Å². The maximum Gasteiger partial charge on any atom is 0.402 e. The topological polar surface area (TPSA) is 101 Å². The molecule has 1 aromatic carbocycles. The molecule has 0 unspecified atom stereocenters. The van der Waals surface area contributed by atoms with Crippen LogP contribution in [0.2, 0.25) is 0 Å². The fourth-order valence-electron chi connectivity index (χ4n) is 1.45. The number of hydrogen-bond donors (Lipinski definition) is 2. The monoisotopic (exact) mass is 312 g/mol. The Kier molecular flexibility index (Phi) is 4.30. The predicted molar refractivity (Wildman–Crippen MR) is 63.7 cm³/mol. The second-order valence-corrected chi connectivity index (χ2v) is 5.95. The third-order valence-electron chi connectivity index (χ3n) is 2.32. The number of anilines is 1. The molecule has 0 fully saturated rings. The predicted octanol–water partition coefficient (Wildman–Crippen LogP) is 1.15. The molecule has 0 aromatic heterocycles. The summed E-state index contributed by atoms with van der Waals surface area (Å²) < 4.78 is 60.7. The molecule has 20 heavy (non-hydrogen) atoms. The summed E-state index contributed by atoms with van der Waals surface area (Å²) >= 11 is 0. The van der Waals surface area contributed by atoms with Gasteiger partial charge in [0.25, 0.3) is 0 Å². The highest BCUT2D eigenvalue weighted by Crippen LogP contribution is 2.25. The number of benzene rings is 1. The summed E-state index contributed by atoms with van der Waals surface area (Å²) in [5.41, 5.74) is 4.64. The Labute approximate surface area is 112 Å². The number of nitrogens with zero attached hydrogens (tertiary/aromatic N) is 1. The lowest BCUT2D eigenvalue weighted by molar-refractivity contribution is -0.134. The summed E-state index contributed by atoms with van der Waals surface area (Å²) in [6, 6.07) is 2.83. The van der Waals surface area contributed by atoms with Gasteiger partial charge in [-0.15, -0.1) is 0 Å². The molecule has 10 heteroatoms.